The van der Waals surface area contributed by atoms with Crippen LogP contribution < -0.4 is 92.5 Å². The van der Waals surface area contributed by atoms with Crippen LogP contribution in [0.2, 0.25) is 0 Å². The van der Waals surface area contributed by atoms with Gasteiger partial charge in [-0.25, -0.2) is 9.59 Å². The molecule has 40 nitrogen and oxygen atoms in total. The van der Waals surface area contributed by atoms with Crippen molar-refractivity contribution in [1.29, 1.82) is 0 Å². The van der Waals surface area contributed by atoms with Crippen molar-refractivity contribution in [3.05, 3.63) is 35.9 Å². The van der Waals surface area contributed by atoms with E-state index < -0.39 is 206 Å². The second-order valence-corrected chi connectivity index (χ2v) is 24.4. The fourth-order valence-electron chi connectivity index (χ4n) is 8.81. The van der Waals surface area contributed by atoms with E-state index in [-0.39, 0.29) is 56.4 Å². The number of carbonyl (C=O) groups is 15. The number of carboxylic acid groups (broad SMARTS) is 3. The van der Waals surface area contributed by atoms with Crippen molar-refractivity contribution in [2.24, 2.45) is 45.5 Å². The molecule has 0 fully saturated rings. The molecule has 12 amide bonds. The van der Waals surface area contributed by atoms with Gasteiger partial charge in [0.25, 0.3) is 0 Å². The molecule has 0 radical (unpaired) electrons. The number of aliphatic imine (C=N–C) groups is 1. The van der Waals surface area contributed by atoms with Crippen LogP contribution in [0.1, 0.15) is 112 Å². The third-order valence-electron chi connectivity index (χ3n) is 14.3. The molecule has 14 atom stereocenters. The second-order valence-electron chi connectivity index (χ2n) is 24.4. The van der Waals surface area contributed by atoms with Crippen LogP contribution in [0.15, 0.2) is 35.3 Å². The van der Waals surface area contributed by atoms with E-state index in [0.717, 1.165) is 6.92 Å². The first-order chi connectivity index (χ1) is 47.2. The number of rotatable bonds is 46. The predicted molar refractivity (Wildman–Crippen MR) is 360 cm³/mol. The molecular formula is C61H104N18O22. The first kappa shape index (κ1) is 91.3. The van der Waals surface area contributed by atoms with Crippen LogP contribution in [0.25, 0.3) is 0 Å². The van der Waals surface area contributed by atoms with E-state index in [1.165, 1.54) is 20.8 Å². The Hall–Kier alpha value is -9.74. The Bertz CT molecular complexity index is 2940. The molecule has 101 heavy (non-hydrogen) atoms. The van der Waals surface area contributed by atoms with Gasteiger partial charge in [-0.3, -0.25) is 67.3 Å². The summed E-state index contributed by atoms with van der Waals surface area (Å²) in [6.45, 7) is 9.56. The SMILES string of the molecule is CC(C)CC(NC(=O)C(N)CO)C(=O)NC(C)C(=O)NC(CC(=O)O)C(=O)NC(C(=O)NC(Cc1ccccc1)C(=O)O)C(C)O.CC(C)CC(NC(=O)CNC(=O)C(CCCN=C(N)N)NC(=O)C(CO)NC(=O)CNC(=O)C(C)NC(=O)C(N)CCCCN)C(=O)NC(C(=O)O)C(C)O. The summed E-state index contributed by atoms with van der Waals surface area (Å²) in [6.07, 6.45) is -2.10. The monoisotopic (exact) mass is 1440 g/mol. The number of hydrogen-bond donors (Lipinski definition) is 24. The first-order valence-electron chi connectivity index (χ1n) is 32.3. The average Bonchev–Trinajstić information content (AvgIpc) is 0.866. The highest BCUT2D eigenvalue weighted by molar-refractivity contribution is 5.99. The van der Waals surface area contributed by atoms with Gasteiger partial charge < -0.3 is 128 Å². The number of unbranched alkanes of at least 4 members (excludes halogenated alkanes) is 1. The van der Waals surface area contributed by atoms with Crippen molar-refractivity contribution in [3.63, 3.8) is 0 Å². The lowest BCUT2D eigenvalue weighted by atomic mass is 10.0. The lowest BCUT2D eigenvalue weighted by molar-refractivity contribution is -0.145. The van der Waals surface area contributed by atoms with Crippen molar-refractivity contribution in [1.82, 2.24) is 63.8 Å². The molecule has 29 N–H and O–H groups in total. The molecule has 0 saturated heterocycles. The summed E-state index contributed by atoms with van der Waals surface area (Å²) in [7, 11) is 0. The highest BCUT2D eigenvalue weighted by Crippen LogP contribution is 2.11. The fraction of sp³-hybridized carbons (Fsp3) is 0.639. The zero-order valence-electron chi connectivity index (χ0n) is 57.8. The highest BCUT2D eigenvalue weighted by Gasteiger charge is 2.36. The van der Waals surface area contributed by atoms with E-state index in [1.807, 2.05) is 0 Å². The number of carbonyl (C=O) groups excluding carboxylic acids is 12. The maximum absolute atomic E-state index is 13.2. The quantitative estimate of drug-likeness (QED) is 0.0164. The first-order valence-corrected chi connectivity index (χ1v) is 32.3. The normalized spacial score (nSPS) is 15.1. The minimum atomic E-state index is -1.79. The summed E-state index contributed by atoms with van der Waals surface area (Å²) in [5, 5.41) is 94.7. The van der Waals surface area contributed by atoms with Crippen molar-refractivity contribution >= 4 is 94.8 Å². The van der Waals surface area contributed by atoms with Crippen molar-refractivity contribution in [2.75, 3.05) is 39.4 Å². The molecule has 14 unspecified atom stereocenters. The molecule has 1 aromatic rings. The van der Waals surface area contributed by atoms with Crippen LogP contribution in [0.5, 0.6) is 0 Å². The number of nitrogens with one attached hydrogen (secondary N) is 12. The summed E-state index contributed by atoms with van der Waals surface area (Å²) >= 11 is 0. The molecule has 570 valence electrons. The summed E-state index contributed by atoms with van der Waals surface area (Å²) in [5.74, 6) is -15.5. The van der Waals surface area contributed by atoms with Gasteiger partial charge >= 0.3 is 17.9 Å². The maximum atomic E-state index is 13.2. The smallest absolute Gasteiger partial charge is 0.328 e. The molecule has 0 heterocycles. The Morgan fingerprint density at radius 2 is 0.901 bits per heavy atom. The minimum Gasteiger partial charge on any atom is -0.481 e. The van der Waals surface area contributed by atoms with Crippen LogP contribution in [-0.2, 0) is 78.3 Å². The number of benzene rings is 1. The van der Waals surface area contributed by atoms with Crippen LogP contribution in [-0.4, -0.2) is 255 Å². The Labute approximate surface area is 583 Å². The van der Waals surface area contributed by atoms with E-state index in [1.54, 1.807) is 58.0 Å². The molecule has 0 bridgehead atoms. The third-order valence-corrected chi connectivity index (χ3v) is 14.3. The fourth-order valence-corrected chi connectivity index (χ4v) is 8.81. The zero-order chi connectivity index (χ0) is 77.4. The Morgan fingerprint density at radius 3 is 1.40 bits per heavy atom. The van der Waals surface area contributed by atoms with Crippen molar-refractivity contribution in [2.45, 2.75) is 198 Å². The highest BCUT2D eigenvalue weighted by atomic mass is 16.4. The number of guanidine groups is 1. The molecule has 0 saturated carbocycles. The average molecular weight is 1440 g/mol. The summed E-state index contributed by atoms with van der Waals surface area (Å²) < 4.78 is 0. The van der Waals surface area contributed by atoms with Crippen LogP contribution in [0.3, 0.4) is 0 Å². The number of aliphatic hydroxyl groups is 4. The minimum absolute atomic E-state index is 0.0528. The van der Waals surface area contributed by atoms with E-state index in [0.29, 0.717) is 31.4 Å². The second kappa shape index (κ2) is 48.1. The topological polar surface area (TPSA) is 684 Å². The summed E-state index contributed by atoms with van der Waals surface area (Å²) in [6, 6.07) is -8.09. The van der Waals surface area contributed by atoms with E-state index in [9.17, 15) is 103 Å². The van der Waals surface area contributed by atoms with Gasteiger partial charge in [0.15, 0.2) is 12.0 Å². The van der Waals surface area contributed by atoms with Crippen LogP contribution in [0, 0.1) is 11.8 Å². The molecule has 0 spiro atoms. The number of nitrogens with zero attached hydrogens (tertiary/aromatic N) is 1. The van der Waals surface area contributed by atoms with Gasteiger partial charge in [-0.1, -0.05) is 64.4 Å². The molecule has 0 aliphatic rings. The molecular weight excluding hydrogens is 1340 g/mol. The van der Waals surface area contributed by atoms with Crippen molar-refractivity contribution < 1.29 is 108 Å². The number of aliphatic hydroxyl groups excluding tert-OH is 4. The summed E-state index contributed by atoms with van der Waals surface area (Å²) in [4.78, 5) is 192. The van der Waals surface area contributed by atoms with Crippen molar-refractivity contribution in [3.8, 4) is 0 Å². The third kappa shape index (κ3) is 37.9. The number of aliphatic carboxylic acids is 3. The lowest BCUT2D eigenvalue weighted by Gasteiger charge is -2.27. The number of carboxylic acids is 3. The van der Waals surface area contributed by atoms with Gasteiger partial charge in [0.1, 0.15) is 60.4 Å². The van der Waals surface area contributed by atoms with Gasteiger partial charge in [-0.2, -0.15) is 0 Å². The summed E-state index contributed by atoms with van der Waals surface area (Å²) in [5.41, 5.74) is 28.0. The van der Waals surface area contributed by atoms with E-state index in [4.69, 9.17) is 33.8 Å². The van der Waals surface area contributed by atoms with Gasteiger partial charge in [0.2, 0.25) is 70.9 Å². The predicted octanol–water partition coefficient (Wildman–Crippen LogP) is -9.34. The molecule has 40 heteroatoms. The molecule has 1 rings (SSSR count). The standard InChI is InChI=1S/C32H60N12O11.C29H44N6O11/c1-16(2)12-21(29(52)44-25(18(4)46)31(54)55)41-23(47)14-39-28(51)20(9-7-11-37-32(35)36)43-30(53)22(15-45)42-24(48)13-38-26(49)17(3)40-27(50)19(34)8-5-6-10-33;1-14(2)10-19(33-25(41)18(30)13-36)26(42)31-15(3)24(40)32-20(12-22(38)39)27(43)35-23(16(4)37)28(44)34-21(29(45)46)11-17-8-6-5-7-9-17/h16-22,25,45-46H,5-15,33-34H2,1-4H3,(H,38,49)(H,39,51)(H,40,50)(H,41,47)(H,42,48)(H,43,53)(H,44,52)(H,54,55)(H4,35,36,37);5-9,14-16,18-21,23,36-37H,10-13,30H2,1-4H3,(H,31,42)(H,32,40)(H,33,41)(H,34,44)(H,35,43)(H,38,39)(H,45,46). The number of amides is 12. The zero-order valence-corrected chi connectivity index (χ0v) is 57.8. The Balaban J connectivity index is 0.00000201. The number of hydrogen-bond acceptors (Lipinski definition) is 23. The van der Waals surface area contributed by atoms with Crippen LogP contribution >= 0.6 is 0 Å². The van der Waals surface area contributed by atoms with E-state index >= 15 is 0 Å². The van der Waals surface area contributed by atoms with E-state index in [2.05, 4.69) is 68.8 Å². The molecule has 1 aromatic carbocycles. The molecule has 0 aliphatic carbocycles. The molecule has 0 aromatic heterocycles. The Kier molecular flexibility index (Phi) is 43.5. The van der Waals surface area contributed by atoms with Gasteiger partial charge in [0.05, 0.1) is 51.0 Å². The molecule has 0 aliphatic heterocycles. The number of nitrogens with two attached hydrogens (primary N) is 5. The Morgan fingerprint density at radius 1 is 0.446 bits per heavy atom. The largest absolute Gasteiger partial charge is 0.481 e. The van der Waals surface area contributed by atoms with Gasteiger partial charge in [0, 0.05) is 13.0 Å². The van der Waals surface area contributed by atoms with Crippen LogP contribution in [0.4, 0.5) is 0 Å². The van der Waals surface area contributed by atoms with Gasteiger partial charge in [-0.15, -0.1) is 0 Å². The van der Waals surface area contributed by atoms with Gasteiger partial charge in [-0.05, 0) is 90.2 Å². The lowest BCUT2D eigenvalue weighted by Crippen LogP contribution is -2.61. The maximum Gasteiger partial charge on any atom is 0.328 e.